The van der Waals surface area contributed by atoms with Crippen molar-refractivity contribution in [2.75, 3.05) is 0 Å². The number of amides is 1. The third-order valence-electron chi connectivity index (χ3n) is 3.38. The largest absolute Gasteiger partial charge is 0.304 e. The number of carbonyl (C=O) groups is 1. The number of nitro benzene ring substituents is 1. The molecule has 1 atom stereocenters. The summed E-state index contributed by atoms with van der Waals surface area (Å²) in [6.45, 7) is 0. The quantitative estimate of drug-likeness (QED) is 0.618. The van der Waals surface area contributed by atoms with E-state index >= 15 is 0 Å². The summed E-state index contributed by atoms with van der Waals surface area (Å²) in [5.41, 5.74) is 1.53. The van der Waals surface area contributed by atoms with Crippen LogP contribution in [0, 0.1) is 10.1 Å². The first kappa shape index (κ1) is 16.7. The first-order valence-corrected chi connectivity index (χ1v) is 8.73. The first-order valence-electron chi connectivity index (χ1n) is 7.06. The molecule has 1 heterocycles. The van der Waals surface area contributed by atoms with Crippen molar-refractivity contribution in [1.29, 1.82) is 0 Å². The Bertz CT molecular complexity index is 824. The van der Waals surface area contributed by atoms with Gasteiger partial charge < -0.3 is 5.32 Å². The molecular formula is C16H12BrN3O3S. The molecule has 1 amide bonds. The Labute approximate surface area is 150 Å². The SMILES string of the molecule is O=C1NC(=Nc2ccc(Br)cc2)S[C@H]1Cc1cccc([N+](=O)[O-])c1. The number of halogens is 1. The van der Waals surface area contributed by atoms with Gasteiger partial charge in [-0.3, -0.25) is 14.9 Å². The van der Waals surface area contributed by atoms with Gasteiger partial charge in [0, 0.05) is 16.6 Å². The highest BCUT2D eigenvalue weighted by molar-refractivity contribution is 9.10. The van der Waals surface area contributed by atoms with E-state index in [1.165, 1.54) is 23.9 Å². The van der Waals surface area contributed by atoms with E-state index in [9.17, 15) is 14.9 Å². The third-order valence-corrected chi connectivity index (χ3v) is 4.99. The van der Waals surface area contributed by atoms with Crippen molar-refractivity contribution in [3.63, 3.8) is 0 Å². The van der Waals surface area contributed by atoms with Gasteiger partial charge in [-0.2, -0.15) is 0 Å². The molecule has 0 radical (unpaired) electrons. The lowest BCUT2D eigenvalue weighted by Gasteiger charge is -2.05. The molecule has 3 rings (SSSR count). The van der Waals surface area contributed by atoms with Crippen LogP contribution >= 0.6 is 27.7 Å². The second-order valence-electron chi connectivity index (χ2n) is 5.12. The molecule has 1 N–H and O–H groups in total. The topological polar surface area (TPSA) is 84.6 Å². The summed E-state index contributed by atoms with van der Waals surface area (Å²) in [7, 11) is 0. The molecule has 0 aromatic heterocycles. The highest BCUT2D eigenvalue weighted by atomic mass is 79.9. The van der Waals surface area contributed by atoms with Gasteiger partial charge in [-0.1, -0.05) is 39.8 Å². The number of non-ortho nitro benzene ring substituents is 1. The number of amidine groups is 1. The molecule has 8 heteroatoms. The van der Waals surface area contributed by atoms with Crippen LogP contribution in [0.1, 0.15) is 5.56 Å². The molecule has 2 aromatic rings. The average molecular weight is 406 g/mol. The van der Waals surface area contributed by atoms with Crippen LogP contribution in [-0.4, -0.2) is 21.2 Å². The molecule has 2 aromatic carbocycles. The fourth-order valence-electron chi connectivity index (χ4n) is 2.24. The predicted molar refractivity (Wildman–Crippen MR) is 97.6 cm³/mol. The summed E-state index contributed by atoms with van der Waals surface area (Å²) in [6.07, 6.45) is 0.414. The van der Waals surface area contributed by atoms with Crippen molar-refractivity contribution >= 4 is 50.1 Å². The van der Waals surface area contributed by atoms with Crippen molar-refractivity contribution in [3.05, 3.63) is 68.7 Å². The molecule has 1 fully saturated rings. The van der Waals surface area contributed by atoms with Gasteiger partial charge in [0.1, 0.15) is 0 Å². The highest BCUT2D eigenvalue weighted by Crippen LogP contribution is 2.27. The number of nitrogens with zero attached hydrogens (tertiary/aromatic N) is 2. The zero-order chi connectivity index (χ0) is 17.1. The average Bonchev–Trinajstić information content (AvgIpc) is 2.89. The van der Waals surface area contributed by atoms with E-state index in [0.717, 1.165) is 15.7 Å². The van der Waals surface area contributed by atoms with E-state index in [1.54, 1.807) is 12.1 Å². The molecule has 0 bridgehead atoms. The Balaban J connectivity index is 1.72. The van der Waals surface area contributed by atoms with E-state index in [4.69, 9.17) is 0 Å². The Morgan fingerprint density at radius 3 is 2.71 bits per heavy atom. The third kappa shape index (κ3) is 4.01. The fraction of sp³-hybridized carbons (Fsp3) is 0.125. The Morgan fingerprint density at radius 1 is 1.25 bits per heavy atom. The van der Waals surface area contributed by atoms with Crippen molar-refractivity contribution in [3.8, 4) is 0 Å². The lowest BCUT2D eigenvalue weighted by atomic mass is 10.1. The van der Waals surface area contributed by atoms with E-state index in [1.807, 2.05) is 24.3 Å². The van der Waals surface area contributed by atoms with Gasteiger partial charge in [-0.05, 0) is 36.2 Å². The molecule has 1 aliphatic heterocycles. The van der Waals surface area contributed by atoms with Crippen LogP contribution in [0.5, 0.6) is 0 Å². The van der Waals surface area contributed by atoms with Gasteiger partial charge in [0.25, 0.3) is 5.69 Å². The number of rotatable bonds is 4. The van der Waals surface area contributed by atoms with Gasteiger partial charge in [0.15, 0.2) is 5.17 Å². The number of aliphatic imine (C=N–C) groups is 1. The number of hydrogen-bond donors (Lipinski definition) is 1. The maximum atomic E-state index is 12.1. The fourth-order valence-corrected chi connectivity index (χ4v) is 3.53. The van der Waals surface area contributed by atoms with Gasteiger partial charge in [0.05, 0.1) is 15.9 Å². The molecule has 6 nitrogen and oxygen atoms in total. The Hall–Kier alpha value is -2.19. The van der Waals surface area contributed by atoms with E-state index in [0.29, 0.717) is 11.6 Å². The summed E-state index contributed by atoms with van der Waals surface area (Å²) in [5, 5.41) is 13.8. The van der Waals surface area contributed by atoms with Gasteiger partial charge >= 0.3 is 0 Å². The van der Waals surface area contributed by atoms with Crippen LogP contribution in [0.15, 0.2) is 58.0 Å². The maximum Gasteiger partial charge on any atom is 0.269 e. The number of thioether (sulfide) groups is 1. The normalized spacial score (nSPS) is 18.6. The van der Waals surface area contributed by atoms with Gasteiger partial charge in [0.2, 0.25) is 5.91 Å². The van der Waals surface area contributed by atoms with Crippen molar-refractivity contribution in [1.82, 2.24) is 5.32 Å². The minimum Gasteiger partial charge on any atom is -0.304 e. The van der Waals surface area contributed by atoms with E-state index in [2.05, 4.69) is 26.2 Å². The van der Waals surface area contributed by atoms with E-state index in [-0.39, 0.29) is 16.8 Å². The molecular weight excluding hydrogens is 394 g/mol. The highest BCUT2D eigenvalue weighted by Gasteiger charge is 2.30. The standard InChI is InChI=1S/C16H12BrN3O3S/c17-11-4-6-12(7-5-11)18-16-19-15(21)14(24-16)9-10-2-1-3-13(8-10)20(22)23/h1-8,14H,9H2,(H,18,19,21)/t14-/m0/s1. The second kappa shape index (κ2) is 7.14. The molecule has 24 heavy (non-hydrogen) atoms. The van der Waals surface area contributed by atoms with Crippen LogP contribution < -0.4 is 5.32 Å². The number of carbonyl (C=O) groups excluding carboxylic acids is 1. The summed E-state index contributed by atoms with van der Waals surface area (Å²) < 4.78 is 0.957. The second-order valence-corrected chi connectivity index (χ2v) is 7.23. The van der Waals surface area contributed by atoms with Gasteiger partial charge in [-0.25, -0.2) is 4.99 Å². The molecule has 0 saturated carbocycles. The van der Waals surface area contributed by atoms with Crippen molar-refractivity contribution < 1.29 is 9.72 Å². The number of nitrogens with one attached hydrogen (secondary N) is 1. The van der Waals surface area contributed by atoms with Crippen molar-refractivity contribution in [2.45, 2.75) is 11.7 Å². The summed E-state index contributed by atoms with van der Waals surface area (Å²) in [4.78, 5) is 26.9. The predicted octanol–water partition coefficient (Wildman–Crippen LogP) is 3.82. The Morgan fingerprint density at radius 2 is 2.00 bits per heavy atom. The molecule has 0 spiro atoms. The van der Waals surface area contributed by atoms with Crippen LogP contribution in [0.25, 0.3) is 0 Å². The summed E-state index contributed by atoms with van der Waals surface area (Å²) in [6, 6.07) is 13.8. The lowest BCUT2D eigenvalue weighted by Crippen LogP contribution is -2.25. The molecule has 0 unspecified atom stereocenters. The minimum absolute atomic E-state index is 0.0275. The molecule has 122 valence electrons. The zero-order valence-corrected chi connectivity index (χ0v) is 14.7. The smallest absolute Gasteiger partial charge is 0.269 e. The molecule has 0 aliphatic carbocycles. The van der Waals surface area contributed by atoms with Crippen LogP contribution in [0.4, 0.5) is 11.4 Å². The van der Waals surface area contributed by atoms with Crippen LogP contribution in [0.2, 0.25) is 0 Å². The monoisotopic (exact) mass is 405 g/mol. The minimum atomic E-state index is -0.439. The Kier molecular flexibility index (Phi) is 4.96. The molecule has 1 aliphatic rings. The number of benzene rings is 2. The van der Waals surface area contributed by atoms with Crippen molar-refractivity contribution in [2.24, 2.45) is 4.99 Å². The zero-order valence-electron chi connectivity index (χ0n) is 12.3. The number of hydrogen-bond acceptors (Lipinski definition) is 5. The number of nitro groups is 1. The molecule has 1 saturated heterocycles. The lowest BCUT2D eigenvalue weighted by molar-refractivity contribution is -0.384. The maximum absolute atomic E-state index is 12.1. The van der Waals surface area contributed by atoms with Crippen LogP contribution in [0.3, 0.4) is 0 Å². The van der Waals surface area contributed by atoms with Crippen LogP contribution in [-0.2, 0) is 11.2 Å². The summed E-state index contributed by atoms with van der Waals surface area (Å²) >= 11 is 4.69. The summed E-state index contributed by atoms with van der Waals surface area (Å²) in [5.74, 6) is -0.137. The van der Waals surface area contributed by atoms with E-state index < -0.39 is 4.92 Å². The van der Waals surface area contributed by atoms with Gasteiger partial charge in [-0.15, -0.1) is 0 Å². The first-order chi connectivity index (χ1) is 11.5.